The minimum Gasteiger partial charge on any atom is -0.493 e. The Hall–Kier alpha value is -3.47. The summed E-state index contributed by atoms with van der Waals surface area (Å²) in [5.41, 5.74) is 1.84. The number of hydrogen-bond donors (Lipinski definition) is 0. The van der Waals surface area contributed by atoms with Gasteiger partial charge in [-0.15, -0.1) is 0 Å². The maximum atomic E-state index is 13.2. The fourth-order valence-corrected chi connectivity index (χ4v) is 3.92. The van der Waals surface area contributed by atoms with Crippen LogP contribution in [0.3, 0.4) is 0 Å². The van der Waals surface area contributed by atoms with Crippen LogP contribution >= 0.6 is 0 Å². The number of fused-ring (bicyclic) bond motifs is 2. The molecule has 0 N–H and O–H groups in total. The molecule has 0 spiro atoms. The van der Waals surface area contributed by atoms with Gasteiger partial charge in [0.15, 0.2) is 11.3 Å². The zero-order chi connectivity index (χ0) is 22.7. The minimum atomic E-state index is -4.56. The lowest BCUT2D eigenvalue weighted by Crippen LogP contribution is -2.06. The molecule has 0 saturated heterocycles. The summed E-state index contributed by atoms with van der Waals surface area (Å²) in [5.74, 6) is 0.533. The van der Waals surface area contributed by atoms with Crippen LogP contribution in [0, 0.1) is 6.57 Å². The van der Waals surface area contributed by atoms with E-state index in [-0.39, 0.29) is 11.0 Å². The molecule has 0 amide bonds. The van der Waals surface area contributed by atoms with Gasteiger partial charge in [-0.1, -0.05) is 18.5 Å². The van der Waals surface area contributed by atoms with Crippen molar-refractivity contribution in [2.24, 2.45) is 0 Å². The Kier molecular flexibility index (Phi) is 6.08. The van der Waals surface area contributed by atoms with E-state index in [0.717, 1.165) is 35.9 Å². The summed E-state index contributed by atoms with van der Waals surface area (Å²) in [6.07, 6.45) is -0.556. The average molecular weight is 441 g/mol. The maximum absolute atomic E-state index is 13.2. The Morgan fingerprint density at radius 1 is 1.19 bits per heavy atom. The highest BCUT2D eigenvalue weighted by Crippen LogP contribution is 2.38. The van der Waals surface area contributed by atoms with E-state index in [4.69, 9.17) is 15.8 Å². The number of alkyl halides is 3. The first-order valence-electron chi connectivity index (χ1n) is 10.4. The molecule has 0 radical (unpaired) electrons. The molecular weight excluding hydrogens is 419 g/mol. The molecule has 2 heterocycles. The highest BCUT2D eigenvalue weighted by atomic mass is 19.4. The van der Waals surface area contributed by atoms with Crippen LogP contribution < -0.4 is 4.74 Å². The van der Waals surface area contributed by atoms with Crippen molar-refractivity contribution in [3.05, 3.63) is 70.8 Å². The van der Waals surface area contributed by atoms with E-state index < -0.39 is 11.9 Å². The largest absolute Gasteiger partial charge is 0.493 e. The molecule has 0 unspecified atom stereocenters. The molecule has 8 heteroatoms. The molecule has 4 rings (SSSR count). The molecule has 166 valence electrons. The van der Waals surface area contributed by atoms with Crippen LogP contribution in [-0.2, 0) is 25.7 Å². The molecule has 0 bridgehead atoms. The molecule has 0 aliphatic carbocycles. The van der Waals surface area contributed by atoms with Crippen LogP contribution in [0.15, 0.2) is 47.1 Å². The lowest BCUT2D eigenvalue weighted by atomic mass is 10.0. The van der Waals surface area contributed by atoms with Crippen LogP contribution in [0.5, 0.6) is 5.75 Å². The smallest absolute Gasteiger partial charge is 0.437 e. The van der Waals surface area contributed by atoms with E-state index in [1.165, 1.54) is 6.07 Å². The quantitative estimate of drug-likeness (QED) is 0.227. The normalized spacial score (nSPS) is 11.8. The second-order valence-electron chi connectivity index (χ2n) is 7.62. The summed E-state index contributed by atoms with van der Waals surface area (Å²) in [6.45, 7) is 10.5. The van der Waals surface area contributed by atoms with Gasteiger partial charge in [-0.05, 0) is 49.2 Å². The lowest BCUT2D eigenvalue weighted by Gasteiger charge is -2.12. The van der Waals surface area contributed by atoms with Crippen molar-refractivity contribution in [1.29, 1.82) is 0 Å². The van der Waals surface area contributed by atoms with Crippen molar-refractivity contribution in [3.8, 4) is 5.75 Å². The number of ether oxygens (including phenoxy) is 1. The molecule has 0 atom stereocenters. The maximum Gasteiger partial charge on any atom is 0.437 e. The van der Waals surface area contributed by atoms with Crippen molar-refractivity contribution < 1.29 is 22.4 Å². The van der Waals surface area contributed by atoms with Crippen molar-refractivity contribution in [2.45, 2.75) is 45.5 Å². The highest BCUT2D eigenvalue weighted by Gasteiger charge is 2.37. The van der Waals surface area contributed by atoms with Crippen LogP contribution in [0.2, 0.25) is 0 Å². The van der Waals surface area contributed by atoms with Crippen LogP contribution in [0.1, 0.15) is 36.6 Å². The van der Waals surface area contributed by atoms with Crippen molar-refractivity contribution in [2.75, 3.05) is 6.61 Å². The predicted molar refractivity (Wildman–Crippen MR) is 115 cm³/mol. The summed E-state index contributed by atoms with van der Waals surface area (Å²) in [4.78, 5) is 3.42. The van der Waals surface area contributed by atoms with Crippen LogP contribution in [0.25, 0.3) is 26.7 Å². The molecule has 0 aliphatic rings. The Bertz CT molecular complexity index is 1280. The van der Waals surface area contributed by atoms with Gasteiger partial charge in [0, 0.05) is 34.8 Å². The fraction of sp³-hybridized carbons (Fsp3) is 0.333. The molecule has 5 nitrogen and oxygen atoms in total. The number of benzene rings is 2. The number of rotatable bonds is 8. The van der Waals surface area contributed by atoms with Gasteiger partial charge < -0.3 is 18.7 Å². The van der Waals surface area contributed by atoms with Crippen molar-refractivity contribution in [3.63, 3.8) is 0 Å². The third-order valence-corrected chi connectivity index (χ3v) is 5.37. The van der Waals surface area contributed by atoms with Gasteiger partial charge in [0.05, 0.1) is 12.0 Å². The van der Waals surface area contributed by atoms with Crippen molar-refractivity contribution in [1.82, 2.24) is 9.72 Å². The summed E-state index contributed by atoms with van der Waals surface area (Å²) in [6, 6.07) is 11.0. The van der Waals surface area contributed by atoms with Gasteiger partial charge in [0.25, 0.3) is 0 Å². The zero-order valence-corrected chi connectivity index (χ0v) is 17.6. The summed E-state index contributed by atoms with van der Waals surface area (Å²) < 4.78 is 52.6. The van der Waals surface area contributed by atoms with Gasteiger partial charge in [0.2, 0.25) is 6.54 Å². The monoisotopic (exact) mass is 441 g/mol. The third kappa shape index (κ3) is 4.28. The van der Waals surface area contributed by atoms with Gasteiger partial charge in [-0.25, -0.2) is 6.57 Å². The number of aryl methyl sites for hydroxylation is 2. The van der Waals surface area contributed by atoms with E-state index in [9.17, 15) is 13.2 Å². The number of halogens is 3. The summed E-state index contributed by atoms with van der Waals surface area (Å²) in [7, 11) is 0. The number of hydrogen-bond acceptors (Lipinski definition) is 3. The zero-order valence-electron chi connectivity index (χ0n) is 17.6. The molecule has 0 fully saturated rings. The molecular formula is C24H22F3N3O2. The predicted octanol–water partition coefficient (Wildman–Crippen LogP) is 6.64. The molecule has 32 heavy (non-hydrogen) atoms. The van der Waals surface area contributed by atoms with Gasteiger partial charge in [0.1, 0.15) is 5.75 Å². The van der Waals surface area contributed by atoms with Crippen LogP contribution in [0.4, 0.5) is 13.2 Å². The van der Waals surface area contributed by atoms with Gasteiger partial charge in [-0.3, -0.25) is 0 Å². The second kappa shape index (κ2) is 8.95. The molecule has 2 aromatic heterocycles. The standard InChI is InChI=1S/C24H22F3N3O2/c1-3-5-18-21(9-7-19-22(18)32-29-23(19)24(25,26)27)31-13-4-11-30-12-10-17-14-16(15-28-2)6-8-20(17)30/h6-10,12,14H,3-5,11,13,15H2,1H3. The highest BCUT2D eigenvalue weighted by molar-refractivity contribution is 5.85. The van der Waals surface area contributed by atoms with E-state index in [0.29, 0.717) is 30.9 Å². The topological polar surface area (TPSA) is 44.5 Å². The first kappa shape index (κ1) is 21.8. The first-order chi connectivity index (χ1) is 15.4. The molecule has 2 aromatic carbocycles. The Morgan fingerprint density at radius 3 is 2.78 bits per heavy atom. The van der Waals surface area contributed by atoms with E-state index >= 15 is 0 Å². The van der Waals surface area contributed by atoms with E-state index in [2.05, 4.69) is 14.6 Å². The van der Waals surface area contributed by atoms with Crippen LogP contribution in [-0.4, -0.2) is 16.3 Å². The lowest BCUT2D eigenvalue weighted by molar-refractivity contribution is -0.141. The Balaban J connectivity index is 1.46. The fourth-order valence-electron chi connectivity index (χ4n) is 3.92. The Labute approximate surface area is 183 Å². The number of nitrogens with zero attached hydrogens (tertiary/aromatic N) is 3. The Morgan fingerprint density at radius 2 is 2.03 bits per heavy atom. The summed E-state index contributed by atoms with van der Waals surface area (Å²) in [5, 5.41) is 4.31. The SMILES string of the molecule is [C-]#[N+]Cc1ccc2c(ccn2CCCOc2ccc3c(C(F)(F)F)noc3c2CCC)c1. The number of aromatic nitrogens is 2. The minimum absolute atomic E-state index is 0.0373. The van der Waals surface area contributed by atoms with E-state index in [1.807, 2.05) is 37.4 Å². The van der Waals surface area contributed by atoms with Crippen molar-refractivity contribution >= 4 is 21.9 Å². The summed E-state index contributed by atoms with van der Waals surface area (Å²) >= 11 is 0. The van der Waals surface area contributed by atoms with Gasteiger partial charge >= 0.3 is 6.18 Å². The average Bonchev–Trinajstić information content (AvgIpc) is 3.37. The van der Waals surface area contributed by atoms with Gasteiger partial charge in [-0.2, -0.15) is 13.2 Å². The molecule has 0 saturated carbocycles. The molecule has 4 aromatic rings. The van der Waals surface area contributed by atoms with E-state index in [1.54, 1.807) is 6.07 Å². The third-order valence-electron chi connectivity index (χ3n) is 5.37. The second-order valence-corrected chi connectivity index (χ2v) is 7.62. The first-order valence-corrected chi connectivity index (χ1v) is 10.4. The molecule has 0 aliphatic heterocycles.